The van der Waals surface area contributed by atoms with Crippen molar-refractivity contribution in [2.75, 3.05) is 19.6 Å². The van der Waals surface area contributed by atoms with Crippen molar-refractivity contribution < 1.29 is 0 Å². The highest BCUT2D eigenvalue weighted by atomic mass is 15.3. The maximum absolute atomic E-state index is 2.75. The van der Waals surface area contributed by atoms with Crippen LogP contribution in [0.25, 0.3) is 0 Å². The Balaban J connectivity index is 1.76. The van der Waals surface area contributed by atoms with Crippen LogP contribution in [0.3, 0.4) is 0 Å². The van der Waals surface area contributed by atoms with Crippen LogP contribution in [0.2, 0.25) is 0 Å². The van der Waals surface area contributed by atoms with Gasteiger partial charge in [-0.15, -0.1) is 0 Å². The van der Waals surface area contributed by atoms with Gasteiger partial charge in [0.15, 0.2) is 0 Å². The van der Waals surface area contributed by atoms with Gasteiger partial charge in [-0.05, 0) is 45.2 Å². The molecular formula is C18H28N2. The molecule has 0 N–H and O–H groups in total. The Morgan fingerprint density at radius 1 is 1.10 bits per heavy atom. The number of fused-ring (bicyclic) bond motifs is 1. The second-order valence-corrected chi connectivity index (χ2v) is 7.11. The molecule has 2 aliphatic rings. The molecule has 3 rings (SSSR count). The third-order valence-corrected chi connectivity index (χ3v) is 5.26. The van der Waals surface area contributed by atoms with Gasteiger partial charge in [-0.25, -0.2) is 0 Å². The fraction of sp³-hybridized carbons (Fsp3) is 0.667. The first-order chi connectivity index (χ1) is 9.65. The van der Waals surface area contributed by atoms with Crippen LogP contribution in [0.1, 0.15) is 45.1 Å². The van der Waals surface area contributed by atoms with Gasteiger partial charge in [0.05, 0.1) is 0 Å². The van der Waals surface area contributed by atoms with E-state index in [2.05, 4.69) is 54.0 Å². The Kier molecular flexibility index (Phi) is 4.13. The first-order valence-electron chi connectivity index (χ1n) is 8.18. The number of nitrogens with zero attached hydrogens (tertiary/aromatic N) is 2. The molecule has 0 spiro atoms. The summed E-state index contributed by atoms with van der Waals surface area (Å²) in [5.74, 6) is 0. The molecule has 0 bridgehead atoms. The van der Waals surface area contributed by atoms with E-state index in [-0.39, 0.29) is 0 Å². The number of piperidine rings is 1. The minimum absolute atomic E-state index is 0.313. The standard InChI is InChI=1S/C18H28N2/c1-18(2)11-13-19-12-7-6-10-17(19)15-20(18)14-16-8-4-3-5-9-16/h3-5,8-9,17H,6-7,10-15H2,1-2H3. The van der Waals surface area contributed by atoms with Gasteiger partial charge in [0, 0.05) is 31.2 Å². The van der Waals surface area contributed by atoms with E-state index in [4.69, 9.17) is 0 Å². The summed E-state index contributed by atoms with van der Waals surface area (Å²) in [7, 11) is 0. The first-order valence-corrected chi connectivity index (χ1v) is 8.18. The average Bonchev–Trinajstić information content (AvgIpc) is 2.58. The highest BCUT2D eigenvalue weighted by molar-refractivity contribution is 5.15. The molecule has 2 heteroatoms. The minimum atomic E-state index is 0.313. The molecular weight excluding hydrogens is 244 g/mol. The minimum Gasteiger partial charge on any atom is -0.299 e. The lowest BCUT2D eigenvalue weighted by Crippen LogP contribution is -2.47. The lowest BCUT2D eigenvalue weighted by Gasteiger charge is -2.39. The van der Waals surface area contributed by atoms with E-state index in [1.165, 1.54) is 50.9 Å². The maximum Gasteiger partial charge on any atom is 0.0239 e. The van der Waals surface area contributed by atoms with E-state index < -0.39 is 0 Å². The molecule has 0 aromatic heterocycles. The SMILES string of the molecule is CC1(C)CCN2CCCCC2CN1Cc1ccccc1. The average molecular weight is 272 g/mol. The molecule has 1 atom stereocenters. The predicted octanol–water partition coefficient (Wildman–Crippen LogP) is 3.53. The molecule has 2 aliphatic heterocycles. The molecule has 2 heterocycles. The Bertz CT molecular complexity index is 426. The Morgan fingerprint density at radius 3 is 2.70 bits per heavy atom. The highest BCUT2D eigenvalue weighted by Crippen LogP contribution is 2.30. The van der Waals surface area contributed by atoms with Crippen molar-refractivity contribution in [1.82, 2.24) is 9.80 Å². The Labute approximate surface area is 123 Å². The zero-order chi connectivity index (χ0) is 14.0. The van der Waals surface area contributed by atoms with Gasteiger partial charge in [0.25, 0.3) is 0 Å². The summed E-state index contributed by atoms with van der Waals surface area (Å²) in [6.45, 7) is 9.78. The number of hydrogen-bond acceptors (Lipinski definition) is 2. The molecule has 1 aromatic carbocycles. The Hall–Kier alpha value is -0.860. The van der Waals surface area contributed by atoms with Gasteiger partial charge < -0.3 is 0 Å². The van der Waals surface area contributed by atoms with Crippen LogP contribution >= 0.6 is 0 Å². The summed E-state index contributed by atoms with van der Waals surface area (Å²) in [5, 5.41) is 0. The fourth-order valence-corrected chi connectivity index (χ4v) is 3.72. The van der Waals surface area contributed by atoms with Crippen LogP contribution in [-0.4, -0.2) is 41.0 Å². The van der Waals surface area contributed by atoms with E-state index in [0.29, 0.717) is 5.54 Å². The summed E-state index contributed by atoms with van der Waals surface area (Å²) in [6, 6.07) is 11.7. The van der Waals surface area contributed by atoms with Gasteiger partial charge in [-0.3, -0.25) is 9.80 Å². The van der Waals surface area contributed by atoms with E-state index >= 15 is 0 Å². The van der Waals surface area contributed by atoms with E-state index in [1.807, 2.05) is 0 Å². The van der Waals surface area contributed by atoms with Crippen LogP contribution < -0.4 is 0 Å². The van der Waals surface area contributed by atoms with Crippen molar-refractivity contribution in [3.63, 3.8) is 0 Å². The molecule has 0 aliphatic carbocycles. The van der Waals surface area contributed by atoms with Crippen molar-refractivity contribution in [3.05, 3.63) is 35.9 Å². The fourth-order valence-electron chi connectivity index (χ4n) is 3.72. The summed E-state index contributed by atoms with van der Waals surface area (Å²) >= 11 is 0. The van der Waals surface area contributed by atoms with Crippen LogP contribution in [0.5, 0.6) is 0 Å². The van der Waals surface area contributed by atoms with Crippen LogP contribution in [0, 0.1) is 0 Å². The van der Waals surface area contributed by atoms with Crippen LogP contribution in [-0.2, 0) is 6.54 Å². The van der Waals surface area contributed by atoms with Gasteiger partial charge in [0.2, 0.25) is 0 Å². The Morgan fingerprint density at radius 2 is 1.90 bits per heavy atom. The second-order valence-electron chi connectivity index (χ2n) is 7.11. The van der Waals surface area contributed by atoms with Crippen molar-refractivity contribution in [2.45, 2.75) is 57.7 Å². The highest BCUT2D eigenvalue weighted by Gasteiger charge is 2.35. The molecule has 110 valence electrons. The lowest BCUT2D eigenvalue weighted by molar-refractivity contribution is 0.0935. The molecule has 0 amide bonds. The van der Waals surface area contributed by atoms with E-state index in [1.54, 1.807) is 0 Å². The van der Waals surface area contributed by atoms with Gasteiger partial charge in [-0.1, -0.05) is 36.8 Å². The predicted molar refractivity (Wildman–Crippen MR) is 84.8 cm³/mol. The quantitative estimate of drug-likeness (QED) is 0.812. The molecule has 2 nitrogen and oxygen atoms in total. The first kappa shape index (κ1) is 14.1. The lowest BCUT2D eigenvalue weighted by atomic mass is 9.97. The summed E-state index contributed by atoms with van der Waals surface area (Å²) < 4.78 is 0. The van der Waals surface area contributed by atoms with Crippen molar-refractivity contribution in [3.8, 4) is 0 Å². The number of rotatable bonds is 2. The van der Waals surface area contributed by atoms with Gasteiger partial charge >= 0.3 is 0 Å². The third-order valence-electron chi connectivity index (χ3n) is 5.26. The summed E-state index contributed by atoms with van der Waals surface area (Å²) in [5.41, 5.74) is 1.76. The molecule has 20 heavy (non-hydrogen) atoms. The smallest absolute Gasteiger partial charge is 0.0239 e. The van der Waals surface area contributed by atoms with Gasteiger partial charge in [-0.2, -0.15) is 0 Å². The van der Waals surface area contributed by atoms with Gasteiger partial charge in [0.1, 0.15) is 0 Å². The molecule has 0 saturated carbocycles. The van der Waals surface area contributed by atoms with E-state index in [0.717, 1.165) is 12.6 Å². The molecule has 1 aromatic rings. The van der Waals surface area contributed by atoms with E-state index in [9.17, 15) is 0 Å². The van der Waals surface area contributed by atoms with Crippen LogP contribution in [0.15, 0.2) is 30.3 Å². The second kappa shape index (κ2) is 5.87. The topological polar surface area (TPSA) is 6.48 Å². The normalized spacial score (nSPS) is 27.8. The molecule has 0 radical (unpaired) electrons. The van der Waals surface area contributed by atoms with Crippen molar-refractivity contribution in [1.29, 1.82) is 0 Å². The molecule has 1 unspecified atom stereocenters. The largest absolute Gasteiger partial charge is 0.299 e. The number of hydrogen-bond donors (Lipinski definition) is 0. The monoisotopic (exact) mass is 272 g/mol. The maximum atomic E-state index is 2.75. The zero-order valence-corrected chi connectivity index (χ0v) is 13.0. The summed E-state index contributed by atoms with van der Waals surface area (Å²) in [4.78, 5) is 5.47. The molecule has 2 fully saturated rings. The van der Waals surface area contributed by atoms with Crippen LogP contribution in [0.4, 0.5) is 0 Å². The zero-order valence-electron chi connectivity index (χ0n) is 13.0. The third kappa shape index (κ3) is 3.07. The number of benzene rings is 1. The summed E-state index contributed by atoms with van der Waals surface area (Å²) in [6.07, 6.45) is 5.49. The molecule has 2 saturated heterocycles. The van der Waals surface area contributed by atoms with Crippen molar-refractivity contribution in [2.24, 2.45) is 0 Å². The van der Waals surface area contributed by atoms with Crippen molar-refractivity contribution >= 4 is 0 Å².